The third-order valence-electron chi connectivity index (χ3n) is 2.48. The zero-order valence-electron chi connectivity index (χ0n) is 8.03. The third kappa shape index (κ3) is 2.27. The quantitative estimate of drug-likeness (QED) is 0.756. The number of nitrogens with zero attached hydrogens (tertiary/aromatic N) is 1. The van der Waals surface area contributed by atoms with E-state index in [9.17, 15) is 4.79 Å². The van der Waals surface area contributed by atoms with Gasteiger partial charge in [0, 0.05) is 0 Å². The van der Waals surface area contributed by atoms with E-state index in [0.29, 0.717) is 0 Å². The summed E-state index contributed by atoms with van der Waals surface area (Å²) in [6, 6.07) is 4.87. The lowest BCUT2D eigenvalue weighted by molar-refractivity contribution is 0.0901. The van der Waals surface area contributed by atoms with Gasteiger partial charge in [-0.1, -0.05) is 17.7 Å². The van der Waals surface area contributed by atoms with E-state index in [1.807, 2.05) is 0 Å². The second kappa shape index (κ2) is 3.79. The molecule has 2 N–H and O–H groups in total. The average Bonchev–Trinajstić information content (AvgIpc) is 2.98. The van der Waals surface area contributed by atoms with E-state index in [-0.39, 0.29) is 23.4 Å². The van der Waals surface area contributed by atoms with Crippen molar-refractivity contribution in [3.8, 4) is 0 Å². The van der Waals surface area contributed by atoms with Crippen LogP contribution in [0.15, 0.2) is 18.2 Å². The second-order valence-corrected chi connectivity index (χ2v) is 4.13. The molecule has 1 fully saturated rings. The fourth-order valence-corrected chi connectivity index (χ4v) is 1.48. The van der Waals surface area contributed by atoms with Gasteiger partial charge in [-0.3, -0.25) is 4.79 Å². The number of rotatable bonds is 3. The SMILES string of the molecule is O=C(NC1(CO)CC1)c1cccc(Cl)n1. The highest BCUT2D eigenvalue weighted by Crippen LogP contribution is 2.34. The van der Waals surface area contributed by atoms with Crippen LogP contribution in [0, 0.1) is 0 Å². The number of aliphatic hydroxyl groups is 1. The van der Waals surface area contributed by atoms with Gasteiger partial charge in [0.2, 0.25) is 0 Å². The molecule has 1 amide bonds. The highest BCUT2D eigenvalue weighted by molar-refractivity contribution is 6.29. The van der Waals surface area contributed by atoms with Gasteiger partial charge in [0.15, 0.2) is 0 Å². The molecule has 1 aromatic rings. The van der Waals surface area contributed by atoms with Gasteiger partial charge < -0.3 is 10.4 Å². The van der Waals surface area contributed by atoms with Crippen LogP contribution in [0.3, 0.4) is 0 Å². The summed E-state index contributed by atoms with van der Waals surface area (Å²) in [5, 5.41) is 12.1. The minimum atomic E-state index is -0.416. The smallest absolute Gasteiger partial charge is 0.270 e. The Hall–Kier alpha value is -1.13. The molecule has 0 bridgehead atoms. The molecule has 1 heterocycles. The van der Waals surface area contributed by atoms with Crippen LogP contribution in [0.5, 0.6) is 0 Å². The molecule has 1 aromatic heterocycles. The van der Waals surface area contributed by atoms with Crippen molar-refractivity contribution >= 4 is 17.5 Å². The van der Waals surface area contributed by atoms with Crippen molar-refractivity contribution in [2.45, 2.75) is 18.4 Å². The zero-order chi connectivity index (χ0) is 10.9. The molecular formula is C10H11ClN2O2. The molecule has 4 nitrogen and oxygen atoms in total. The van der Waals surface area contributed by atoms with E-state index >= 15 is 0 Å². The molecule has 2 rings (SSSR count). The number of aromatic nitrogens is 1. The Morgan fingerprint density at radius 2 is 2.33 bits per heavy atom. The molecule has 0 unspecified atom stereocenters. The number of halogens is 1. The summed E-state index contributed by atoms with van der Waals surface area (Å²) >= 11 is 5.67. The van der Waals surface area contributed by atoms with E-state index < -0.39 is 5.54 Å². The van der Waals surface area contributed by atoms with Crippen LogP contribution >= 0.6 is 11.6 Å². The Balaban J connectivity index is 2.08. The second-order valence-electron chi connectivity index (χ2n) is 3.74. The molecule has 1 aliphatic carbocycles. The number of aliphatic hydroxyl groups excluding tert-OH is 1. The predicted octanol–water partition coefficient (Wildman–Crippen LogP) is 0.990. The maximum atomic E-state index is 11.7. The standard InChI is InChI=1S/C10H11ClN2O2/c11-8-3-1-2-7(12-8)9(15)13-10(6-14)4-5-10/h1-3,14H,4-6H2,(H,13,15). The summed E-state index contributed by atoms with van der Waals surface area (Å²) in [7, 11) is 0. The van der Waals surface area contributed by atoms with Crippen LogP contribution in [0.2, 0.25) is 5.15 Å². The van der Waals surface area contributed by atoms with Crippen LogP contribution < -0.4 is 5.32 Å². The normalized spacial score (nSPS) is 17.2. The predicted molar refractivity (Wildman–Crippen MR) is 55.8 cm³/mol. The molecule has 0 atom stereocenters. The molecule has 0 spiro atoms. The molecule has 0 saturated heterocycles. The number of carbonyl (C=O) groups is 1. The summed E-state index contributed by atoms with van der Waals surface area (Å²) in [4.78, 5) is 15.6. The minimum absolute atomic E-state index is 0.0285. The van der Waals surface area contributed by atoms with Crippen LogP contribution in [-0.4, -0.2) is 28.1 Å². The Morgan fingerprint density at radius 3 is 2.87 bits per heavy atom. The largest absolute Gasteiger partial charge is 0.394 e. The van der Waals surface area contributed by atoms with Gasteiger partial charge >= 0.3 is 0 Å². The van der Waals surface area contributed by atoms with Gasteiger partial charge in [0.25, 0.3) is 5.91 Å². The van der Waals surface area contributed by atoms with Crippen LogP contribution in [0.4, 0.5) is 0 Å². The summed E-state index contributed by atoms with van der Waals surface area (Å²) in [6.45, 7) is -0.0285. The fraction of sp³-hybridized carbons (Fsp3) is 0.400. The lowest BCUT2D eigenvalue weighted by atomic mass is 10.2. The monoisotopic (exact) mass is 226 g/mol. The maximum Gasteiger partial charge on any atom is 0.270 e. The number of hydrogen-bond donors (Lipinski definition) is 2. The van der Waals surface area contributed by atoms with Gasteiger partial charge in [0.1, 0.15) is 10.8 Å². The van der Waals surface area contributed by atoms with Gasteiger partial charge in [0.05, 0.1) is 12.1 Å². The van der Waals surface area contributed by atoms with E-state index in [1.165, 1.54) is 0 Å². The lowest BCUT2D eigenvalue weighted by Gasteiger charge is -2.13. The number of nitrogens with one attached hydrogen (secondary N) is 1. The van der Waals surface area contributed by atoms with Crippen molar-refractivity contribution < 1.29 is 9.90 Å². The summed E-state index contributed by atoms with van der Waals surface area (Å²) in [5.74, 6) is -0.288. The van der Waals surface area contributed by atoms with Crippen LogP contribution in [-0.2, 0) is 0 Å². The molecule has 5 heteroatoms. The average molecular weight is 227 g/mol. The highest BCUT2D eigenvalue weighted by Gasteiger charge is 2.43. The molecule has 1 aliphatic rings. The number of carbonyl (C=O) groups excluding carboxylic acids is 1. The van der Waals surface area contributed by atoms with Crippen molar-refractivity contribution in [1.82, 2.24) is 10.3 Å². The molecule has 0 aliphatic heterocycles. The molecule has 0 radical (unpaired) electrons. The van der Waals surface area contributed by atoms with Gasteiger partial charge in [-0.15, -0.1) is 0 Å². The molecular weight excluding hydrogens is 216 g/mol. The maximum absolute atomic E-state index is 11.7. The van der Waals surface area contributed by atoms with Crippen LogP contribution in [0.1, 0.15) is 23.3 Å². The lowest BCUT2D eigenvalue weighted by Crippen LogP contribution is -2.39. The summed E-state index contributed by atoms with van der Waals surface area (Å²) < 4.78 is 0. The topological polar surface area (TPSA) is 62.2 Å². The van der Waals surface area contributed by atoms with Gasteiger partial charge in [-0.05, 0) is 25.0 Å². The van der Waals surface area contributed by atoms with Gasteiger partial charge in [-0.25, -0.2) is 4.98 Å². The molecule has 80 valence electrons. The van der Waals surface area contributed by atoms with Crippen LogP contribution in [0.25, 0.3) is 0 Å². The third-order valence-corrected chi connectivity index (χ3v) is 2.69. The first kappa shape index (κ1) is 10.4. The van der Waals surface area contributed by atoms with E-state index in [1.54, 1.807) is 18.2 Å². The first-order chi connectivity index (χ1) is 7.15. The van der Waals surface area contributed by atoms with E-state index in [2.05, 4.69) is 10.3 Å². The summed E-state index contributed by atoms with van der Waals surface area (Å²) in [6.07, 6.45) is 1.63. The highest BCUT2D eigenvalue weighted by atomic mass is 35.5. The Bertz CT molecular complexity index is 391. The van der Waals surface area contributed by atoms with E-state index in [4.69, 9.17) is 16.7 Å². The van der Waals surface area contributed by atoms with E-state index in [0.717, 1.165) is 12.8 Å². The minimum Gasteiger partial charge on any atom is -0.394 e. The summed E-state index contributed by atoms with van der Waals surface area (Å²) in [5.41, 5.74) is -0.136. The van der Waals surface area contributed by atoms with Crippen molar-refractivity contribution in [2.24, 2.45) is 0 Å². The molecule has 15 heavy (non-hydrogen) atoms. The van der Waals surface area contributed by atoms with Crippen molar-refractivity contribution in [3.05, 3.63) is 29.0 Å². The van der Waals surface area contributed by atoms with Gasteiger partial charge in [-0.2, -0.15) is 0 Å². The fourth-order valence-electron chi connectivity index (χ4n) is 1.31. The molecule has 1 saturated carbocycles. The van der Waals surface area contributed by atoms with Crippen molar-refractivity contribution in [2.75, 3.05) is 6.61 Å². The number of pyridine rings is 1. The van der Waals surface area contributed by atoms with Crippen molar-refractivity contribution in [1.29, 1.82) is 0 Å². The number of amides is 1. The zero-order valence-corrected chi connectivity index (χ0v) is 8.79. The Kier molecular flexibility index (Phi) is 2.63. The Labute approximate surface area is 92.3 Å². The first-order valence-electron chi connectivity index (χ1n) is 4.71. The first-order valence-corrected chi connectivity index (χ1v) is 5.09. The molecule has 0 aromatic carbocycles. The van der Waals surface area contributed by atoms with Crippen molar-refractivity contribution in [3.63, 3.8) is 0 Å². The Morgan fingerprint density at radius 1 is 1.60 bits per heavy atom. The number of hydrogen-bond acceptors (Lipinski definition) is 3.